The van der Waals surface area contributed by atoms with Gasteiger partial charge in [0.05, 0.1) is 23.1 Å². The molecular weight excluding hydrogens is 458 g/mol. The number of furan rings is 1. The van der Waals surface area contributed by atoms with Gasteiger partial charge in [0.15, 0.2) is 0 Å². The third-order valence-corrected chi connectivity index (χ3v) is 8.55. The summed E-state index contributed by atoms with van der Waals surface area (Å²) in [6, 6.07) is 13.1. The number of nitrogens with zero attached hydrogens (tertiary/aromatic N) is 4. The Morgan fingerprint density at radius 3 is 2.74 bits per heavy atom. The van der Waals surface area contributed by atoms with E-state index in [0.29, 0.717) is 12.6 Å². The van der Waals surface area contributed by atoms with Gasteiger partial charge in [0, 0.05) is 32.2 Å². The number of aromatic nitrogens is 2. The number of anilines is 1. The van der Waals surface area contributed by atoms with Crippen LogP contribution in [0.2, 0.25) is 0 Å². The van der Waals surface area contributed by atoms with Gasteiger partial charge in [-0.1, -0.05) is 24.3 Å². The monoisotopic (exact) mass is 487 g/mol. The van der Waals surface area contributed by atoms with Crippen LogP contribution in [0.5, 0.6) is 0 Å². The standard InChI is InChI=1S/C27H29N5O2S/c1-18-23-25(28-15-22-7-4-14-34-22)29-17-30-26(23)35-24(18)27(33)31-12-9-21(10-13-31)32-11-8-19-5-2-3-6-20(19)16-32/h2-7,14,17,21H,8-13,15-16H2,1H3,(H,28,29,30). The molecule has 180 valence electrons. The van der Waals surface area contributed by atoms with Crippen LogP contribution in [0.1, 0.15) is 45.0 Å². The number of fused-ring (bicyclic) bond motifs is 2. The number of hydrogen-bond acceptors (Lipinski definition) is 7. The van der Waals surface area contributed by atoms with Gasteiger partial charge in [-0.2, -0.15) is 0 Å². The number of hydrogen-bond donors (Lipinski definition) is 1. The first-order valence-corrected chi connectivity index (χ1v) is 13.1. The number of carbonyl (C=O) groups excluding carboxylic acids is 1. The summed E-state index contributed by atoms with van der Waals surface area (Å²) in [5.41, 5.74) is 3.89. The van der Waals surface area contributed by atoms with Crippen LogP contribution in [0, 0.1) is 6.92 Å². The quantitative estimate of drug-likeness (QED) is 0.433. The van der Waals surface area contributed by atoms with Gasteiger partial charge in [-0.15, -0.1) is 11.3 Å². The molecule has 0 radical (unpaired) electrons. The van der Waals surface area contributed by atoms with Crippen molar-refractivity contribution < 1.29 is 9.21 Å². The molecule has 1 amide bonds. The Labute approximate surface area is 208 Å². The number of thiophene rings is 1. The maximum atomic E-state index is 13.5. The highest BCUT2D eigenvalue weighted by Crippen LogP contribution is 2.35. The molecule has 5 heterocycles. The molecule has 4 aromatic rings. The van der Waals surface area contributed by atoms with Crippen LogP contribution in [0.4, 0.5) is 5.82 Å². The molecule has 6 rings (SSSR count). The van der Waals surface area contributed by atoms with Crippen molar-refractivity contribution in [2.75, 3.05) is 25.0 Å². The molecule has 0 unspecified atom stereocenters. The topological polar surface area (TPSA) is 74.5 Å². The molecule has 0 spiro atoms. The summed E-state index contributed by atoms with van der Waals surface area (Å²) in [7, 11) is 0. The predicted molar refractivity (Wildman–Crippen MR) is 138 cm³/mol. The molecule has 0 atom stereocenters. The van der Waals surface area contributed by atoms with E-state index in [1.54, 1.807) is 12.6 Å². The van der Waals surface area contributed by atoms with Crippen LogP contribution in [0.3, 0.4) is 0 Å². The highest BCUT2D eigenvalue weighted by molar-refractivity contribution is 7.20. The van der Waals surface area contributed by atoms with Crippen molar-refractivity contribution in [1.82, 2.24) is 19.8 Å². The molecule has 7 nitrogen and oxygen atoms in total. The number of carbonyl (C=O) groups is 1. The van der Waals surface area contributed by atoms with E-state index < -0.39 is 0 Å². The van der Waals surface area contributed by atoms with Crippen LogP contribution in [0.15, 0.2) is 53.4 Å². The number of aryl methyl sites for hydroxylation is 1. The molecule has 1 aromatic carbocycles. The normalized spacial score (nSPS) is 17.0. The van der Waals surface area contributed by atoms with Crippen molar-refractivity contribution in [3.8, 4) is 0 Å². The summed E-state index contributed by atoms with van der Waals surface area (Å²) in [6.45, 7) is 6.26. The van der Waals surface area contributed by atoms with Crippen LogP contribution >= 0.6 is 11.3 Å². The molecular formula is C27H29N5O2S. The second kappa shape index (κ2) is 9.43. The van der Waals surface area contributed by atoms with Crippen LogP contribution in [-0.2, 0) is 19.5 Å². The minimum Gasteiger partial charge on any atom is -0.467 e. The fraction of sp³-hybridized carbons (Fsp3) is 0.370. The molecule has 1 fully saturated rings. The highest BCUT2D eigenvalue weighted by atomic mass is 32.1. The minimum absolute atomic E-state index is 0.116. The van der Waals surface area contributed by atoms with Gasteiger partial charge in [0.1, 0.15) is 22.7 Å². The lowest BCUT2D eigenvalue weighted by atomic mass is 9.95. The van der Waals surface area contributed by atoms with Crippen molar-refractivity contribution in [2.45, 2.75) is 45.3 Å². The SMILES string of the molecule is Cc1c(C(=O)N2CCC(N3CCc4ccccc4C3)CC2)sc2ncnc(NCc3ccco3)c12. The van der Waals surface area contributed by atoms with E-state index in [1.807, 2.05) is 24.0 Å². The highest BCUT2D eigenvalue weighted by Gasteiger charge is 2.31. The first-order chi connectivity index (χ1) is 17.2. The number of nitrogens with one attached hydrogen (secondary N) is 1. The maximum Gasteiger partial charge on any atom is 0.264 e. The second-order valence-electron chi connectivity index (χ2n) is 9.40. The smallest absolute Gasteiger partial charge is 0.264 e. The summed E-state index contributed by atoms with van der Waals surface area (Å²) < 4.78 is 5.42. The van der Waals surface area contributed by atoms with Gasteiger partial charge in [-0.3, -0.25) is 9.69 Å². The molecule has 0 saturated carbocycles. The van der Waals surface area contributed by atoms with Crippen molar-refractivity contribution >= 4 is 33.3 Å². The van der Waals surface area contributed by atoms with Gasteiger partial charge >= 0.3 is 0 Å². The van der Waals surface area contributed by atoms with Crippen LogP contribution in [-0.4, -0.2) is 51.4 Å². The van der Waals surface area contributed by atoms with E-state index in [4.69, 9.17) is 4.42 Å². The number of rotatable bonds is 5. The summed E-state index contributed by atoms with van der Waals surface area (Å²) in [6.07, 6.45) is 6.38. The molecule has 1 saturated heterocycles. The summed E-state index contributed by atoms with van der Waals surface area (Å²) in [4.78, 5) is 28.7. The van der Waals surface area contributed by atoms with Crippen molar-refractivity contribution in [1.29, 1.82) is 0 Å². The lowest BCUT2D eigenvalue weighted by molar-refractivity contribution is 0.0603. The maximum absolute atomic E-state index is 13.5. The fourth-order valence-corrected chi connectivity index (χ4v) is 6.52. The van der Waals surface area contributed by atoms with E-state index in [0.717, 1.165) is 77.7 Å². The Morgan fingerprint density at radius 1 is 1.11 bits per heavy atom. The van der Waals surface area contributed by atoms with E-state index in [9.17, 15) is 4.79 Å². The zero-order valence-electron chi connectivity index (χ0n) is 19.9. The minimum atomic E-state index is 0.116. The third-order valence-electron chi connectivity index (χ3n) is 7.36. The van der Waals surface area contributed by atoms with Gasteiger partial charge in [-0.05, 0) is 55.0 Å². The first kappa shape index (κ1) is 22.2. The second-order valence-corrected chi connectivity index (χ2v) is 10.4. The number of likely N-dealkylation sites (tertiary alicyclic amines) is 1. The zero-order chi connectivity index (χ0) is 23.8. The molecule has 0 aliphatic carbocycles. The largest absolute Gasteiger partial charge is 0.467 e. The van der Waals surface area contributed by atoms with Gasteiger partial charge in [-0.25, -0.2) is 9.97 Å². The lowest BCUT2D eigenvalue weighted by Crippen LogP contribution is -2.48. The van der Waals surface area contributed by atoms with Crippen molar-refractivity contribution in [3.05, 3.63) is 76.3 Å². The van der Waals surface area contributed by atoms with Crippen LogP contribution in [0.25, 0.3) is 10.2 Å². The average Bonchev–Trinajstić information content (AvgIpc) is 3.55. The lowest BCUT2D eigenvalue weighted by Gasteiger charge is -2.40. The van der Waals surface area contributed by atoms with E-state index in [1.165, 1.54) is 22.5 Å². The molecule has 1 N–H and O–H groups in total. The molecule has 2 aliphatic heterocycles. The van der Waals surface area contributed by atoms with E-state index in [2.05, 4.69) is 44.5 Å². The van der Waals surface area contributed by atoms with Gasteiger partial charge in [0.25, 0.3) is 5.91 Å². The Hall–Kier alpha value is -3.23. The Balaban J connectivity index is 1.14. The van der Waals surface area contributed by atoms with Crippen molar-refractivity contribution in [3.63, 3.8) is 0 Å². The summed E-state index contributed by atoms with van der Waals surface area (Å²) in [5, 5.41) is 4.27. The van der Waals surface area contributed by atoms with Crippen molar-refractivity contribution in [2.24, 2.45) is 0 Å². The van der Waals surface area contributed by atoms with E-state index in [-0.39, 0.29) is 5.91 Å². The van der Waals surface area contributed by atoms with Gasteiger partial charge < -0.3 is 14.6 Å². The Kier molecular flexibility index (Phi) is 6.00. The summed E-state index contributed by atoms with van der Waals surface area (Å²) >= 11 is 1.47. The average molecular weight is 488 g/mol. The van der Waals surface area contributed by atoms with Gasteiger partial charge in [0.2, 0.25) is 0 Å². The third kappa shape index (κ3) is 4.32. The number of amides is 1. The number of piperidine rings is 1. The number of benzene rings is 1. The zero-order valence-corrected chi connectivity index (χ0v) is 20.7. The molecule has 2 aliphatic rings. The summed E-state index contributed by atoms with van der Waals surface area (Å²) in [5.74, 6) is 1.69. The Bertz CT molecular complexity index is 1340. The molecule has 0 bridgehead atoms. The van der Waals surface area contributed by atoms with Crippen LogP contribution < -0.4 is 5.32 Å². The Morgan fingerprint density at radius 2 is 1.94 bits per heavy atom. The molecule has 35 heavy (non-hydrogen) atoms. The van der Waals surface area contributed by atoms with E-state index >= 15 is 0 Å². The predicted octanol–water partition coefficient (Wildman–Crippen LogP) is 4.87. The molecule has 8 heteroatoms. The molecule has 3 aromatic heterocycles. The first-order valence-electron chi connectivity index (χ1n) is 12.3. The fourth-order valence-electron chi connectivity index (χ4n) is 5.40.